The molecule has 25 heavy (non-hydrogen) atoms. The van der Waals surface area contributed by atoms with Crippen molar-refractivity contribution in [2.75, 3.05) is 33.4 Å². The summed E-state index contributed by atoms with van der Waals surface area (Å²) in [5.41, 5.74) is 2.33. The maximum Gasteiger partial charge on any atom is 0.191 e. The van der Waals surface area contributed by atoms with Gasteiger partial charge in [0, 0.05) is 32.4 Å². The van der Waals surface area contributed by atoms with Gasteiger partial charge >= 0.3 is 0 Å². The Labute approximate surface area is 153 Å². The van der Waals surface area contributed by atoms with E-state index in [-0.39, 0.29) is 0 Å². The summed E-state index contributed by atoms with van der Waals surface area (Å²) in [6.45, 7) is 10.2. The van der Waals surface area contributed by atoms with Crippen molar-refractivity contribution in [1.82, 2.24) is 10.6 Å². The molecule has 5 heteroatoms. The minimum atomic E-state index is 0.609. The summed E-state index contributed by atoms with van der Waals surface area (Å²) in [5.74, 6) is 1.80. The summed E-state index contributed by atoms with van der Waals surface area (Å²) in [5, 5.41) is 6.70. The van der Waals surface area contributed by atoms with Crippen molar-refractivity contribution in [1.29, 1.82) is 0 Å². The lowest BCUT2D eigenvalue weighted by atomic mass is 10.1. The SMILES string of the molecule is CCCOc1cc(C)ccc1CN=C(NCC)NCCCCCOC. The number of benzene rings is 1. The van der Waals surface area contributed by atoms with E-state index in [0.29, 0.717) is 6.54 Å². The molecule has 0 bridgehead atoms. The number of ether oxygens (including phenoxy) is 2. The van der Waals surface area contributed by atoms with Gasteiger partial charge in [0.15, 0.2) is 5.96 Å². The zero-order valence-electron chi connectivity index (χ0n) is 16.4. The Bertz CT molecular complexity index is 504. The zero-order valence-corrected chi connectivity index (χ0v) is 16.4. The number of hydrogen-bond donors (Lipinski definition) is 2. The van der Waals surface area contributed by atoms with Gasteiger partial charge in [-0.1, -0.05) is 19.1 Å². The molecule has 0 radical (unpaired) electrons. The second-order valence-electron chi connectivity index (χ2n) is 6.14. The highest BCUT2D eigenvalue weighted by Crippen LogP contribution is 2.21. The Morgan fingerprint density at radius 2 is 1.92 bits per heavy atom. The Morgan fingerprint density at radius 1 is 1.08 bits per heavy atom. The summed E-state index contributed by atoms with van der Waals surface area (Å²) in [6.07, 6.45) is 4.38. The maximum atomic E-state index is 5.87. The molecule has 1 aromatic rings. The first kappa shape index (κ1) is 21.3. The lowest BCUT2D eigenvalue weighted by Crippen LogP contribution is -2.37. The molecule has 0 unspecified atom stereocenters. The van der Waals surface area contributed by atoms with E-state index in [4.69, 9.17) is 14.5 Å². The van der Waals surface area contributed by atoms with Crippen LogP contribution in [0.15, 0.2) is 23.2 Å². The molecule has 0 atom stereocenters. The van der Waals surface area contributed by atoms with E-state index in [9.17, 15) is 0 Å². The normalized spacial score (nSPS) is 11.4. The van der Waals surface area contributed by atoms with Gasteiger partial charge in [0.25, 0.3) is 0 Å². The number of aryl methyl sites for hydroxylation is 1. The molecule has 1 aromatic carbocycles. The van der Waals surface area contributed by atoms with Crippen LogP contribution in [0.25, 0.3) is 0 Å². The van der Waals surface area contributed by atoms with Crippen LogP contribution in [0.5, 0.6) is 5.75 Å². The fraction of sp³-hybridized carbons (Fsp3) is 0.650. The van der Waals surface area contributed by atoms with Gasteiger partial charge in [-0.05, 0) is 51.2 Å². The van der Waals surface area contributed by atoms with Crippen LogP contribution in [-0.2, 0) is 11.3 Å². The third kappa shape index (κ3) is 9.34. The average Bonchev–Trinajstić information content (AvgIpc) is 2.61. The van der Waals surface area contributed by atoms with Gasteiger partial charge in [0.1, 0.15) is 5.75 Å². The number of nitrogens with one attached hydrogen (secondary N) is 2. The topological polar surface area (TPSA) is 54.9 Å². The summed E-state index contributed by atoms with van der Waals surface area (Å²) < 4.78 is 10.9. The molecule has 0 amide bonds. The summed E-state index contributed by atoms with van der Waals surface area (Å²) >= 11 is 0. The molecule has 0 fully saturated rings. The lowest BCUT2D eigenvalue weighted by Gasteiger charge is -2.13. The van der Waals surface area contributed by atoms with E-state index < -0.39 is 0 Å². The van der Waals surface area contributed by atoms with Crippen LogP contribution in [0.3, 0.4) is 0 Å². The molecule has 0 heterocycles. The summed E-state index contributed by atoms with van der Waals surface area (Å²) in [7, 11) is 1.75. The van der Waals surface area contributed by atoms with Gasteiger partial charge in [0.2, 0.25) is 0 Å². The van der Waals surface area contributed by atoms with Gasteiger partial charge in [-0.15, -0.1) is 0 Å². The second-order valence-corrected chi connectivity index (χ2v) is 6.14. The fourth-order valence-electron chi connectivity index (χ4n) is 2.40. The van der Waals surface area contributed by atoms with Crippen molar-refractivity contribution in [3.63, 3.8) is 0 Å². The fourth-order valence-corrected chi connectivity index (χ4v) is 2.40. The number of aliphatic imine (C=N–C) groups is 1. The highest BCUT2D eigenvalue weighted by molar-refractivity contribution is 5.79. The first-order valence-electron chi connectivity index (χ1n) is 9.44. The average molecular weight is 350 g/mol. The number of hydrogen-bond acceptors (Lipinski definition) is 3. The van der Waals surface area contributed by atoms with Crippen molar-refractivity contribution in [2.45, 2.75) is 53.0 Å². The Kier molecular flexibility index (Phi) is 11.5. The predicted molar refractivity (Wildman–Crippen MR) is 106 cm³/mol. The van der Waals surface area contributed by atoms with Crippen LogP contribution >= 0.6 is 0 Å². The monoisotopic (exact) mass is 349 g/mol. The molecule has 5 nitrogen and oxygen atoms in total. The second kappa shape index (κ2) is 13.5. The van der Waals surface area contributed by atoms with E-state index in [0.717, 1.165) is 69.3 Å². The third-order valence-corrected chi connectivity index (χ3v) is 3.75. The largest absolute Gasteiger partial charge is 0.493 e. The van der Waals surface area contributed by atoms with Crippen molar-refractivity contribution < 1.29 is 9.47 Å². The number of unbranched alkanes of at least 4 members (excludes halogenated alkanes) is 2. The molecule has 0 aromatic heterocycles. The maximum absolute atomic E-state index is 5.87. The van der Waals surface area contributed by atoms with Gasteiger partial charge in [-0.2, -0.15) is 0 Å². The molecule has 0 aliphatic carbocycles. The Balaban J connectivity index is 2.58. The molecular weight excluding hydrogens is 314 g/mol. The van der Waals surface area contributed by atoms with Gasteiger partial charge < -0.3 is 20.1 Å². The van der Waals surface area contributed by atoms with Crippen LogP contribution < -0.4 is 15.4 Å². The zero-order chi connectivity index (χ0) is 18.3. The van der Waals surface area contributed by atoms with Crippen molar-refractivity contribution in [3.05, 3.63) is 29.3 Å². The van der Waals surface area contributed by atoms with Crippen molar-refractivity contribution in [3.8, 4) is 5.75 Å². The van der Waals surface area contributed by atoms with Crippen LogP contribution in [0.1, 0.15) is 50.7 Å². The van der Waals surface area contributed by atoms with Gasteiger partial charge in [-0.25, -0.2) is 4.99 Å². The number of nitrogens with zero attached hydrogens (tertiary/aromatic N) is 1. The highest BCUT2D eigenvalue weighted by atomic mass is 16.5. The van der Waals surface area contributed by atoms with Crippen LogP contribution in [-0.4, -0.2) is 39.4 Å². The number of rotatable bonds is 12. The van der Waals surface area contributed by atoms with Crippen LogP contribution in [0.4, 0.5) is 0 Å². The highest BCUT2D eigenvalue weighted by Gasteiger charge is 2.05. The van der Waals surface area contributed by atoms with Crippen molar-refractivity contribution >= 4 is 5.96 Å². The van der Waals surface area contributed by atoms with Crippen molar-refractivity contribution in [2.24, 2.45) is 4.99 Å². The van der Waals surface area contributed by atoms with Crippen LogP contribution in [0, 0.1) is 6.92 Å². The van der Waals surface area contributed by atoms with Gasteiger partial charge in [0.05, 0.1) is 13.2 Å². The van der Waals surface area contributed by atoms with E-state index in [1.165, 1.54) is 5.56 Å². The lowest BCUT2D eigenvalue weighted by molar-refractivity contribution is 0.192. The minimum absolute atomic E-state index is 0.609. The van der Waals surface area contributed by atoms with E-state index in [1.807, 2.05) is 0 Å². The minimum Gasteiger partial charge on any atom is -0.493 e. The van der Waals surface area contributed by atoms with E-state index in [2.05, 4.69) is 49.6 Å². The number of methoxy groups -OCH3 is 1. The molecule has 0 spiro atoms. The molecule has 142 valence electrons. The predicted octanol–water partition coefficient (Wildman–Crippen LogP) is 3.66. The number of guanidine groups is 1. The Morgan fingerprint density at radius 3 is 2.64 bits per heavy atom. The van der Waals surface area contributed by atoms with E-state index in [1.54, 1.807) is 7.11 Å². The quantitative estimate of drug-likeness (QED) is 0.343. The molecule has 0 aliphatic heterocycles. The molecule has 0 saturated carbocycles. The molecular formula is C20H35N3O2. The molecule has 0 saturated heterocycles. The third-order valence-electron chi connectivity index (χ3n) is 3.75. The molecule has 2 N–H and O–H groups in total. The smallest absolute Gasteiger partial charge is 0.191 e. The Hall–Kier alpha value is -1.75. The molecule has 0 aliphatic rings. The van der Waals surface area contributed by atoms with Gasteiger partial charge in [-0.3, -0.25) is 0 Å². The standard InChI is InChI=1S/C20H35N3O2/c1-5-13-25-19-15-17(3)10-11-18(19)16-23-20(21-6-2)22-12-8-7-9-14-24-4/h10-11,15H,5-9,12-14,16H2,1-4H3,(H2,21,22,23). The van der Waals surface area contributed by atoms with Crippen LogP contribution in [0.2, 0.25) is 0 Å². The molecule has 1 rings (SSSR count). The summed E-state index contributed by atoms with van der Waals surface area (Å²) in [4.78, 5) is 4.71. The first-order chi connectivity index (χ1) is 12.2. The van der Waals surface area contributed by atoms with E-state index >= 15 is 0 Å². The first-order valence-corrected chi connectivity index (χ1v) is 9.44. The summed E-state index contributed by atoms with van der Waals surface area (Å²) in [6, 6.07) is 6.31.